The van der Waals surface area contributed by atoms with Crippen molar-refractivity contribution < 1.29 is 13.3 Å². The topological polar surface area (TPSA) is 46.6 Å². The molecule has 19 heavy (non-hydrogen) atoms. The Morgan fingerprint density at radius 2 is 1.63 bits per heavy atom. The lowest BCUT2D eigenvalue weighted by Crippen LogP contribution is -2.26. The summed E-state index contributed by atoms with van der Waals surface area (Å²) in [6, 6.07) is 7.00. The summed E-state index contributed by atoms with van der Waals surface area (Å²) in [4.78, 5) is 4.99. The highest BCUT2D eigenvalue weighted by atomic mass is 32.2. The molecule has 1 aromatic rings. The Morgan fingerprint density at radius 1 is 1.16 bits per heavy atom. The van der Waals surface area contributed by atoms with Crippen molar-refractivity contribution in [3.05, 3.63) is 29.8 Å². The fourth-order valence-electron chi connectivity index (χ4n) is 1.64. The Morgan fingerprint density at radius 3 is 2.00 bits per heavy atom. The molecule has 1 aromatic carbocycles. The number of sulfonamides is 1. The molecule has 0 aromatic heterocycles. The molecule has 5 heteroatoms. The van der Waals surface area contributed by atoms with E-state index in [0.717, 1.165) is 10.0 Å². The predicted octanol–water partition coefficient (Wildman–Crippen LogP) is 2.80. The predicted molar refractivity (Wildman–Crippen MR) is 76.3 cm³/mol. The quantitative estimate of drug-likeness (QED) is 0.782. The Hall–Kier alpha value is -0.910. The number of benzene rings is 1. The van der Waals surface area contributed by atoms with Gasteiger partial charge in [-0.15, -0.1) is 0 Å². The Labute approximate surface area is 116 Å². The van der Waals surface area contributed by atoms with Crippen LogP contribution in [-0.2, 0) is 20.3 Å². The first-order chi connectivity index (χ1) is 8.64. The maximum absolute atomic E-state index is 12.1. The molecule has 0 atom stereocenters. The standard InChI is InChI=1S/C14H23NO3S/c1-11(2)14(3,4)12-7-9-13(10-8-12)19(16,17)15(5)18-6/h7-11H,1-6H3. The van der Waals surface area contributed by atoms with Gasteiger partial charge >= 0.3 is 0 Å². The zero-order valence-electron chi connectivity index (χ0n) is 12.5. The highest BCUT2D eigenvalue weighted by Gasteiger charge is 2.26. The highest BCUT2D eigenvalue weighted by molar-refractivity contribution is 7.89. The average Bonchev–Trinajstić information content (AvgIpc) is 2.37. The van der Waals surface area contributed by atoms with Crippen LogP contribution in [0.2, 0.25) is 0 Å². The summed E-state index contributed by atoms with van der Waals surface area (Å²) in [6.45, 7) is 8.62. The van der Waals surface area contributed by atoms with E-state index in [1.165, 1.54) is 14.2 Å². The molecule has 4 nitrogen and oxygen atoms in total. The van der Waals surface area contributed by atoms with Gasteiger partial charge in [-0.3, -0.25) is 4.84 Å². The van der Waals surface area contributed by atoms with Crippen LogP contribution in [0.5, 0.6) is 0 Å². The van der Waals surface area contributed by atoms with E-state index in [1.807, 2.05) is 12.1 Å². The summed E-state index contributed by atoms with van der Waals surface area (Å²) in [6.07, 6.45) is 0. The van der Waals surface area contributed by atoms with Crippen LogP contribution in [0, 0.1) is 5.92 Å². The van der Waals surface area contributed by atoms with Gasteiger partial charge in [-0.05, 0) is 29.0 Å². The van der Waals surface area contributed by atoms with Crippen LogP contribution < -0.4 is 0 Å². The molecular formula is C14H23NO3S. The van der Waals surface area contributed by atoms with Crippen molar-refractivity contribution in [2.45, 2.75) is 38.0 Å². The smallest absolute Gasteiger partial charge is 0.264 e. The van der Waals surface area contributed by atoms with Crippen molar-refractivity contribution in [2.24, 2.45) is 5.92 Å². The van der Waals surface area contributed by atoms with Gasteiger partial charge in [-0.2, -0.15) is 0 Å². The number of rotatable bonds is 5. The van der Waals surface area contributed by atoms with Gasteiger partial charge in [0.25, 0.3) is 10.0 Å². The van der Waals surface area contributed by atoms with E-state index in [1.54, 1.807) is 12.1 Å². The van der Waals surface area contributed by atoms with Crippen molar-refractivity contribution in [3.8, 4) is 0 Å². The minimum atomic E-state index is -3.56. The van der Waals surface area contributed by atoms with Crippen molar-refractivity contribution in [3.63, 3.8) is 0 Å². The normalized spacial score (nSPS) is 13.3. The van der Waals surface area contributed by atoms with Gasteiger partial charge in [-0.25, -0.2) is 8.42 Å². The molecule has 0 aliphatic carbocycles. The number of hydrogen-bond donors (Lipinski definition) is 0. The highest BCUT2D eigenvalue weighted by Crippen LogP contribution is 2.31. The fraction of sp³-hybridized carbons (Fsp3) is 0.571. The largest absolute Gasteiger partial charge is 0.288 e. The average molecular weight is 285 g/mol. The van der Waals surface area contributed by atoms with Crippen molar-refractivity contribution >= 4 is 10.0 Å². The Kier molecular flexibility index (Phi) is 4.76. The summed E-state index contributed by atoms with van der Waals surface area (Å²) >= 11 is 0. The van der Waals surface area contributed by atoms with Crippen LogP contribution >= 0.6 is 0 Å². The Bertz CT molecular complexity index is 518. The van der Waals surface area contributed by atoms with Crippen LogP contribution in [0.1, 0.15) is 33.3 Å². The van der Waals surface area contributed by atoms with E-state index in [9.17, 15) is 8.42 Å². The molecule has 0 amide bonds. The summed E-state index contributed by atoms with van der Waals surface area (Å²) in [5.74, 6) is 0.469. The molecule has 0 spiro atoms. The van der Waals surface area contributed by atoms with Crippen LogP contribution in [0.3, 0.4) is 0 Å². The summed E-state index contributed by atoms with van der Waals surface area (Å²) in [5.41, 5.74) is 1.14. The first-order valence-electron chi connectivity index (χ1n) is 6.27. The van der Waals surface area contributed by atoms with Crippen molar-refractivity contribution in [1.82, 2.24) is 4.47 Å². The van der Waals surface area contributed by atoms with Crippen LogP contribution in [0.25, 0.3) is 0 Å². The minimum absolute atomic E-state index is 0.00938. The first-order valence-corrected chi connectivity index (χ1v) is 7.71. The molecule has 0 saturated carbocycles. The SMILES string of the molecule is CON(C)S(=O)(=O)c1ccc(C(C)(C)C(C)C)cc1. The third-order valence-electron chi connectivity index (χ3n) is 3.94. The zero-order valence-corrected chi connectivity index (χ0v) is 13.3. The van der Waals surface area contributed by atoms with Crippen molar-refractivity contribution in [2.75, 3.05) is 14.2 Å². The number of hydroxylamine groups is 1. The summed E-state index contributed by atoms with van der Waals surface area (Å²) < 4.78 is 25.0. The summed E-state index contributed by atoms with van der Waals surface area (Å²) in [7, 11) is -0.857. The van der Waals surface area contributed by atoms with Crippen LogP contribution in [0.15, 0.2) is 29.2 Å². The molecule has 0 fully saturated rings. The second-order valence-electron chi connectivity index (χ2n) is 5.50. The Balaban J connectivity index is 3.14. The van der Waals surface area contributed by atoms with Crippen molar-refractivity contribution in [1.29, 1.82) is 0 Å². The molecule has 0 bridgehead atoms. The monoisotopic (exact) mass is 285 g/mol. The minimum Gasteiger partial charge on any atom is -0.288 e. The molecule has 108 valence electrons. The van der Waals surface area contributed by atoms with Gasteiger partial charge in [0.05, 0.1) is 12.0 Å². The van der Waals surface area contributed by atoms with Crippen LogP contribution in [-0.4, -0.2) is 27.0 Å². The van der Waals surface area contributed by atoms with E-state index >= 15 is 0 Å². The van der Waals surface area contributed by atoms with Gasteiger partial charge in [0.2, 0.25) is 0 Å². The molecule has 0 heterocycles. The van der Waals surface area contributed by atoms with Gasteiger partial charge in [0.1, 0.15) is 0 Å². The third kappa shape index (κ3) is 3.16. The van der Waals surface area contributed by atoms with Gasteiger partial charge in [0, 0.05) is 7.05 Å². The van der Waals surface area contributed by atoms with E-state index < -0.39 is 10.0 Å². The second kappa shape index (κ2) is 5.61. The lowest BCUT2D eigenvalue weighted by atomic mass is 9.75. The molecular weight excluding hydrogens is 262 g/mol. The molecule has 0 N–H and O–H groups in total. The van der Waals surface area contributed by atoms with Gasteiger partial charge in [-0.1, -0.05) is 44.3 Å². The lowest BCUT2D eigenvalue weighted by Gasteiger charge is -2.30. The molecule has 0 aliphatic rings. The maximum atomic E-state index is 12.1. The fourth-order valence-corrected chi connectivity index (χ4v) is 2.61. The van der Waals surface area contributed by atoms with E-state index in [0.29, 0.717) is 5.92 Å². The van der Waals surface area contributed by atoms with E-state index in [-0.39, 0.29) is 10.3 Å². The molecule has 0 unspecified atom stereocenters. The third-order valence-corrected chi connectivity index (χ3v) is 5.63. The maximum Gasteiger partial charge on any atom is 0.264 e. The molecule has 0 saturated heterocycles. The molecule has 0 radical (unpaired) electrons. The second-order valence-corrected chi connectivity index (χ2v) is 7.43. The number of nitrogens with zero attached hydrogens (tertiary/aromatic N) is 1. The molecule has 1 rings (SSSR count). The summed E-state index contributed by atoms with van der Waals surface area (Å²) in [5, 5.41) is 0. The lowest BCUT2D eigenvalue weighted by molar-refractivity contribution is -0.0258. The first kappa shape index (κ1) is 16.1. The van der Waals surface area contributed by atoms with Gasteiger partial charge < -0.3 is 0 Å². The van der Waals surface area contributed by atoms with Crippen LogP contribution in [0.4, 0.5) is 0 Å². The zero-order chi connectivity index (χ0) is 14.8. The number of hydrogen-bond acceptors (Lipinski definition) is 3. The molecule has 0 aliphatic heterocycles. The van der Waals surface area contributed by atoms with E-state index in [4.69, 9.17) is 4.84 Å². The van der Waals surface area contributed by atoms with Gasteiger partial charge in [0.15, 0.2) is 0 Å². The van der Waals surface area contributed by atoms with E-state index in [2.05, 4.69) is 27.7 Å².